The van der Waals surface area contributed by atoms with Crippen molar-refractivity contribution in [2.24, 2.45) is 11.8 Å². The first-order valence-corrected chi connectivity index (χ1v) is 32.7. The quantitative estimate of drug-likeness (QED) is 0.0196. The molecule has 9 N–H and O–H groups in total. The fourth-order valence-corrected chi connectivity index (χ4v) is 11.2. The highest BCUT2D eigenvalue weighted by molar-refractivity contribution is 5.98. The van der Waals surface area contributed by atoms with Crippen LogP contribution in [0.15, 0.2) is 121 Å². The number of aliphatic carboxylic acids is 1. The second kappa shape index (κ2) is 37.4. The number of ether oxygens (including phenoxy) is 3. The smallest absolute Gasteiger partial charge is 0.408 e. The first-order chi connectivity index (χ1) is 45.3. The van der Waals surface area contributed by atoms with Crippen LogP contribution in [0.2, 0.25) is 0 Å². The number of hydrogen-bond donors (Lipinski definition) is 9. The van der Waals surface area contributed by atoms with Crippen molar-refractivity contribution in [2.45, 2.75) is 186 Å². The maximum Gasteiger partial charge on any atom is 0.408 e. The third kappa shape index (κ3) is 25.0. The number of hydrogen-bond acceptors (Lipinski definition) is 14. The van der Waals surface area contributed by atoms with Gasteiger partial charge in [-0.2, -0.15) is 0 Å². The van der Waals surface area contributed by atoms with Gasteiger partial charge in [-0.1, -0.05) is 149 Å². The Bertz CT molecular complexity index is 3190. The predicted molar refractivity (Wildman–Crippen MR) is 352 cm³/mol. The van der Waals surface area contributed by atoms with Crippen LogP contribution in [-0.4, -0.2) is 161 Å². The number of nitrogens with zero attached hydrogens (tertiary/aromatic N) is 2. The Balaban J connectivity index is 1.23. The van der Waals surface area contributed by atoms with Crippen molar-refractivity contribution in [1.29, 1.82) is 0 Å². The van der Waals surface area contributed by atoms with E-state index in [9.17, 15) is 53.1 Å². The van der Waals surface area contributed by atoms with E-state index in [1.165, 1.54) is 9.80 Å². The van der Waals surface area contributed by atoms with Crippen molar-refractivity contribution in [3.63, 3.8) is 0 Å². The lowest BCUT2D eigenvalue weighted by molar-refractivity contribution is -0.149. The molecule has 2 heterocycles. The molecule has 0 radical (unpaired) electrons. The van der Waals surface area contributed by atoms with Gasteiger partial charge in [-0.3, -0.25) is 33.6 Å². The SMILES string of the molecule is CC(C)C[C@H](NC(=O)[C@H](CCCNC(=O)OCc1ccccc1)NC(=O)[C@@H]1CCCN1C(=O)[C@@H](Cc1ccccc1)NC(=O)[C@H](CCCNC(=O)OCc1ccccc1)NC(=O)[C@@H](NC(=O)OC(C)(C)C)C(C)C)C(=O)N[C@H](Cc1ccccc1)C(=O)N1CCC[C@H]1C(=O)O. The van der Waals surface area contributed by atoms with E-state index in [4.69, 9.17) is 14.2 Å². The van der Waals surface area contributed by atoms with Crippen molar-refractivity contribution in [2.75, 3.05) is 26.2 Å². The van der Waals surface area contributed by atoms with Crippen LogP contribution in [0.4, 0.5) is 14.4 Å². The summed E-state index contributed by atoms with van der Waals surface area (Å²) in [6.07, 6.45) is -1.04. The first kappa shape index (κ1) is 74.5. The maximum atomic E-state index is 15.2. The lowest BCUT2D eigenvalue weighted by Gasteiger charge is -2.32. The molecule has 4 aromatic rings. The zero-order valence-electron chi connectivity index (χ0n) is 55.4. The van der Waals surface area contributed by atoms with Gasteiger partial charge in [0.05, 0.1) is 0 Å². The Morgan fingerprint density at radius 3 is 1.29 bits per heavy atom. The maximum absolute atomic E-state index is 15.2. The molecule has 2 aliphatic heterocycles. The molecule has 0 aliphatic carbocycles. The average Bonchev–Trinajstić information content (AvgIpc) is 1.81. The summed E-state index contributed by atoms with van der Waals surface area (Å²) >= 11 is 0. The summed E-state index contributed by atoms with van der Waals surface area (Å²) in [5.41, 5.74) is 1.95. The van der Waals surface area contributed by atoms with Crippen LogP contribution in [0.25, 0.3) is 0 Å². The van der Waals surface area contributed by atoms with Gasteiger partial charge in [0.15, 0.2) is 0 Å². The van der Waals surface area contributed by atoms with Crippen LogP contribution < -0.4 is 42.5 Å². The Morgan fingerprint density at radius 2 is 0.874 bits per heavy atom. The largest absolute Gasteiger partial charge is 0.480 e. The Morgan fingerprint density at radius 1 is 0.484 bits per heavy atom. The van der Waals surface area contributed by atoms with E-state index in [2.05, 4.69) is 42.5 Å². The van der Waals surface area contributed by atoms with Crippen molar-refractivity contribution < 1.29 is 72.1 Å². The second-order valence-electron chi connectivity index (χ2n) is 25.7. The zero-order valence-corrected chi connectivity index (χ0v) is 55.4. The van der Waals surface area contributed by atoms with Crippen LogP contribution in [0.1, 0.15) is 129 Å². The highest BCUT2D eigenvalue weighted by Gasteiger charge is 2.42. The molecule has 2 aliphatic rings. The number of carbonyl (C=O) groups excluding carboxylic acids is 10. The minimum atomic E-state index is -1.38. The third-order valence-corrected chi connectivity index (χ3v) is 16.0. The lowest BCUT2D eigenvalue weighted by atomic mass is 10.00. The summed E-state index contributed by atoms with van der Waals surface area (Å²) in [4.78, 5) is 156. The lowest BCUT2D eigenvalue weighted by Crippen LogP contribution is -2.60. The van der Waals surface area contributed by atoms with E-state index in [0.29, 0.717) is 24.0 Å². The first-order valence-electron chi connectivity index (χ1n) is 32.7. The van der Waals surface area contributed by atoms with Gasteiger partial charge >= 0.3 is 24.2 Å². The number of rotatable bonds is 33. The topological polar surface area (TPSA) is 338 Å². The zero-order chi connectivity index (χ0) is 69.0. The fraction of sp³-hybridized carbons (Fsp3) is 0.500. The van der Waals surface area contributed by atoms with Gasteiger partial charge in [-0.25, -0.2) is 19.2 Å². The third-order valence-electron chi connectivity index (χ3n) is 16.0. The highest BCUT2D eigenvalue weighted by Crippen LogP contribution is 2.23. The molecular weight excluding hydrogens is 1220 g/mol. The second-order valence-corrected chi connectivity index (χ2v) is 25.7. The van der Waals surface area contributed by atoms with E-state index in [0.717, 1.165) is 11.1 Å². The monoisotopic (exact) mass is 1310 g/mol. The molecule has 0 bridgehead atoms. The minimum Gasteiger partial charge on any atom is -0.480 e. The molecule has 0 spiro atoms. The van der Waals surface area contributed by atoms with E-state index in [1.54, 1.807) is 132 Å². The van der Waals surface area contributed by atoms with Crippen molar-refractivity contribution in [3.05, 3.63) is 144 Å². The molecule has 10 amide bonds. The summed E-state index contributed by atoms with van der Waals surface area (Å²) in [7, 11) is 0. The number of amides is 10. The van der Waals surface area contributed by atoms with Crippen molar-refractivity contribution >= 4 is 65.6 Å². The molecule has 0 unspecified atom stereocenters. The van der Waals surface area contributed by atoms with Gasteiger partial charge in [0, 0.05) is 39.0 Å². The van der Waals surface area contributed by atoms with E-state index < -0.39 is 125 Å². The van der Waals surface area contributed by atoms with Gasteiger partial charge in [0.2, 0.25) is 41.4 Å². The number of alkyl carbamates (subject to hydrolysis) is 3. The molecule has 8 atom stereocenters. The van der Waals surface area contributed by atoms with Crippen LogP contribution >= 0.6 is 0 Å². The van der Waals surface area contributed by atoms with E-state index in [1.807, 2.05) is 38.1 Å². The number of carboxylic acids is 1. The molecule has 0 aromatic heterocycles. The predicted octanol–water partition coefficient (Wildman–Crippen LogP) is 5.97. The Labute approximate surface area is 555 Å². The average molecular weight is 1320 g/mol. The molecule has 0 saturated carbocycles. The van der Waals surface area contributed by atoms with Crippen LogP contribution in [0.5, 0.6) is 0 Å². The molecule has 6 rings (SSSR count). The fourth-order valence-electron chi connectivity index (χ4n) is 11.2. The summed E-state index contributed by atoms with van der Waals surface area (Å²) in [5, 5.41) is 32.1. The standard InChI is InChI=1S/C70H94N10O15/c1-45(2)40-53(61(83)77-55(42-48-26-14-9-15-27-48)65(87)80-39-23-35-57(80)66(88)89)75-59(81)51(32-20-36-71-67(90)93-43-49-28-16-10-17-29-49)73-62(84)56-34-22-38-79(56)64(86)54(41-47-24-12-8-13-25-47)76-60(82)52(33-21-37-72-68(91)94-44-50-30-18-11-19-31-50)74-63(85)58(46(3)4)78-69(92)95-70(5,6)7/h8-19,24-31,45-46,51-58H,20-23,32-44H2,1-7H3,(H,71,90)(H,72,91)(H,73,84)(H,74,85)(H,75,81)(H,76,82)(H,77,83)(H,78,92)(H,88,89)/t51-,52-,53-,54+,55+,56-,57-,58-/m0/s1. The Hall–Kier alpha value is -9.55. The summed E-state index contributed by atoms with van der Waals surface area (Å²) < 4.78 is 16.2. The van der Waals surface area contributed by atoms with Crippen LogP contribution in [-0.2, 0) is 78.6 Å². The number of nitrogens with one attached hydrogen (secondary N) is 8. The van der Waals surface area contributed by atoms with Gasteiger partial charge in [-0.05, 0) is 113 Å². The number of carbonyl (C=O) groups is 11. The van der Waals surface area contributed by atoms with E-state index >= 15 is 4.79 Å². The van der Waals surface area contributed by atoms with Gasteiger partial charge in [0.1, 0.15) is 67.1 Å². The molecule has 2 fully saturated rings. The number of benzene rings is 4. The number of carboxylic acid groups (broad SMARTS) is 1. The summed E-state index contributed by atoms with van der Waals surface area (Å²) in [6, 6.07) is 25.8. The van der Waals surface area contributed by atoms with Crippen molar-refractivity contribution in [3.8, 4) is 0 Å². The van der Waals surface area contributed by atoms with Crippen LogP contribution in [0.3, 0.4) is 0 Å². The molecular formula is C70H94N10O15. The molecule has 25 nitrogen and oxygen atoms in total. The Kier molecular flexibility index (Phi) is 29.3. The summed E-state index contributed by atoms with van der Waals surface area (Å²) in [5.74, 6) is -6.88. The normalized spacial score (nSPS) is 16.3. The summed E-state index contributed by atoms with van der Waals surface area (Å²) in [6.45, 7) is 12.3. The minimum absolute atomic E-state index is 0.00617. The molecule has 25 heteroatoms. The molecule has 2 saturated heterocycles. The van der Waals surface area contributed by atoms with E-state index in [-0.39, 0.29) is 103 Å². The molecule has 514 valence electrons. The van der Waals surface area contributed by atoms with Crippen molar-refractivity contribution in [1.82, 2.24) is 52.3 Å². The number of likely N-dealkylation sites (tertiary alicyclic amines) is 2. The molecule has 95 heavy (non-hydrogen) atoms. The molecule has 4 aromatic carbocycles. The van der Waals surface area contributed by atoms with Gasteiger partial charge < -0.3 is 71.7 Å². The van der Waals surface area contributed by atoms with Gasteiger partial charge in [0.25, 0.3) is 0 Å². The highest BCUT2D eigenvalue weighted by atomic mass is 16.6. The van der Waals surface area contributed by atoms with Gasteiger partial charge in [-0.15, -0.1) is 0 Å². The van der Waals surface area contributed by atoms with Crippen LogP contribution in [0, 0.1) is 11.8 Å².